The third kappa shape index (κ3) is 4.88. The highest BCUT2D eigenvalue weighted by atomic mass is 32.1. The van der Waals surface area contributed by atoms with Crippen LogP contribution in [0.2, 0.25) is 0 Å². The highest BCUT2D eigenvalue weighted by molar-refractivity contribution is 7.15. The lowest BCUT2D eigenvalue weighted by Crippen LogP contribution is -2.08. The second kappa shape index (κ2) is 9.13. The van der Waals surface area contributed by atoms with E-state index < -0.39 is 0 Å². The number of hydrogen-bond acceptors (Lipinski definition) is 8. The van der Waals surface area contributed by atoms with Gasteiger partial charge in [0.05, 0.1) is 28.6 Å². The van der Waals surface area contributed by atoms with E-state index in [0.717, 1.165) is 27.6 Å². The van der Waals surface area contributed by atoms with E-state index >= 15 is 0 Å². The van der Waals surface area contributed by atoms with Crippen LogP contribution < -0.4 is 5.32 Å². The summed E-state index contributed by atoms with van der Waals surface area (Å²) in [5, 5.41) is 4.20. The van der Waals surface area contributed by atoms with Crippen LogP contribution in [0.5, 0.6) is 0 Å². The van der Waals surface area contributed by atoms with Crippen molar-refractivity contribution >= 4 is 34.7 Å². The number of Topliss-reactive ketones (excluding diaryl/α,β-unsaturated/α-hetero) is 1. The van der Waals surface area contributed by atoms with Crippen LogP contribution in [-0.2, 0) is 20.7 Å². The molecule has 0 saturated heterocycles. The number of ether oxygens (including phenoxy) is 1. The standard InChI is InChI=1S/C22H22N4O3S/c1-2-29-21(28)11-14-8-9-23-20(10-14)26-19-5-3-4-17(25-19)18-13-24-22(30-18)15-6-7-16(27)12-15/h3-5,8-10,13,15H,2,6-7,11-12H2,1H3,(H,23,25,26). The third-order valence-corrected chi connectivity index (χ3v) is 6.04. The van der Waals surface area contributed by atoms with Gasteiger partial charge in [-0.15, -0.1) is 11.3 Å². The van der Waals surface area contributed by atoms with Gasteiger partial charge < -0.3 is 10.1 Å². The minimum Gasteiger partial charge on any atom is -0.466 e. The molecule has 1 aliphatic rings. The summed E-state index contributed by atoms with van der Waals surface area (Å²) in [6.45, 7) is 2.15. The number of pyridine rings is 2. The molecule has 7 nitrogen and oxygen atoms in total. The molecule has 3 aromatic rings. The molecule has 0 amide bonds. The van der Waals surface area contributed by atoms with Crippen LogP contribution in [0.3, 0.4) is 0 Å². The topological polar surface area (TPSA) is 94.1 Å². The van der Waals surface area contributed by atoms with E-state index in [9.17, 15) is 9.59 Å². The molecule has 0 spiro atoms. The van der Waals surface area contributed by atoms with Crippen molar-refractivity contribution in [3.63, 3.8) is 0 Å². The summed E-state index contributed by atoms with van der Waals surface area (Å²) in [6, 6.07) is 9.32. The normalized spacial score (nSPS) is 15.9. The zero-order chi connectivity index (χ0) is 20.9. The van der Waals surface area contributed by atoms with Gasteiger partial charge in [0.15, 0.2) is 0 Å². The number of anilines is 2. The summed E-state index contributed by atoms with van der Waals surface area (Å²) >= 11 is 1.59. The molecule has 1 fully saturated rings. The molecule has 0 radical (unpaired) electrons. The van der Waals surface area contributed by atoms with Gasteiger partial charge in [-0.1, -0.05) is 6.07 Å². The SMILES string of the molecule is CCOC(=O)Cc1ccnc(Nc2cccc(-c3cnc(C4CCC(=O)C4)s3)n2)c1. The highest BCUT2D eigenvalue weighted by Crippen LogP contribution is 2.37. The van der Waals surface area contributed by atoms with Gasteiger partial charge in [-0.2, -0.15) is 0 Å². The van der Waals surface area contributed by atoms with E-state index in [2.05, 4.69) is 20.3 Å². The maximum absolute atomic E-state index is 11.7. The van der Waals surface area contributed by atoms with E-state index in [1.54, 1.807) is 30.5 Å². The van der Waals surface area contributed by atoms with Crippen molar-refractivity contribution in [2.24, 2.45) is 0 Å². The Hall–Kier alpha value is -3.13. The molecule has 30 heavy (non-hydrogen) atoms. The van der Waals surface area contributed by atoms with Crippen LogP contribution in [0.15, 0.2) is 42.7 Å². The first-order chi connectivity index (χ1) is 14.6. The first kappa shape index (κ1) is 20.2. The lowest BCUT2D eigenvalue weighted by Gasteiger charge is -2.08. The zero-order valence-electron chi connectivity index (χ0n) is 16.6. The van der Waals surface area contributed by atoms with Crippen LogP contribution in [0, 0.1) is 0 Å². The first-order valence-electron chi connectivity index (χ1n) is 9.93. The Morgan fingerprint density at radius 2 is 2.17 bits per heavy atom. The number of hydrogen-bond donors (Lipinski definition) is 1. The van der Waals surface area contributed by atoms with E-state index in [-0.39, 0.29) is 18.3 Å². The van der Waals surface area contributed by atoms with Gasteiger partial charge in [-0.25, -0.2) is 15.0 Å². The molecule has 0 bridgehead atoms. The van der Waals surface area contributed by atoms with Crippen molar-refractivity contribution in [3.05, 3.63) is 53.3 Å². The van der Waals surface area contributed by atoms with Crippen LogP contribution in [0.4, 0.5) is 11.6 Å². The maximum atomic E-state index is 11.7. The summed E-state index contributed by atoms with van der Waals surface area (Å²) in [6.07, 6.45) is 5.81. The molecule has 1 saturated carbocycles. The molecule has 8 heteroatoms. The van der Waals surface area contributed by atoms with E-state index in [4.69, 9.17) is 4.74 Å². The molecule has 1 aliphatic carbocycles. The zero-order valence-corrected chi connectivity index (χ0v) is 17.4. The largest absolute Gasteiger partial charge is 0.466 e. The molecule has 1 unspecified atom stereocenters. The molecule has 1 N–H and O–H groups in total. The number of aromatic nitrogens is 3. The lowest BCUT2D eigenvalue weighted by molar-refractivity contribution is -0.142. The Morgan fingerprint density at radius 1 is 1.27 bits per heavy atom. The maximum Gasteiger partial charge on any atom is 0.310 e. The van der Waals surface area contributed by atoms with Gasteiger partial charge in [0.1, 0.15) is 17.4 Å². The van der Waals surface area contributed by atoms with Crippen molar-refractivity contribution in [2.75, 3.05) is 11.9 Å². The minimum atomic E-state index is -0.264. The van der Waals surface area contributed by atoms with Gasteiger partial charge in [-0.05, 0) is 43.2 Å². The molecule has 154 valence electrons. The lowest BCUT2D eigenvalue weighted by atomic mass is 10.1. The fourth-order valence-electron chi connectivity index (χ4n) is 3.42. The number of ketones is 1. The van der Waals surface area contributed by atoms with Crippen LogP contribution >= 0.6 is 11.3 Å². The Kier molecular flexibility index (Phi) is 6.13. The van der Waals surface area contributed by atoms with Crippen molar-refractivity contribution in [2.45, 2.75) is 38.5 Å². The predicted octanol–water partition coefficient (Wildman–Crippen LogP) is 4.29. The molecule has 3 heterocycles. The van der Waals surface area contributed by atoms with Crippen molar-refractivity contribution in [3.8, 4) is 10.6 Å². The number of carbonyl (C=O) groups is 2. The van der Waals surface area contributed by atoms with Crippen molar-refractivity contribution in [1.29, 1.82) is 0 Å². The van der Waals surface area contributed by atoms with Crippen LogP contribution in [0.1, 0.15) is 42.7 Å². The number of carbonyl (C=O) groups excluding carboxylic acids is 2. The first-order valence-corrected chi connectivity index (χ1v) is 10.7. The van der Waals surface area contributed by atoms with Gasteiger partial charge in [0.25, 0.3) is 0 Å². The van der Waals surface area contributed by atoms with Crippen molar-refractivity contribution < 1.29 is 14.3 Å². The van der Waals surface area contributed by atoms with Gasteiger partial charge >= 0.3 is 5.97 Å². The summed E-state index contributed by atoms with van der Waals surface area (Å²) in [4.78, 5) is 37.7. The Bertz CT molecular complexity index is 1070. The van der Waals surface area contributed by atoms with E-state index in [1.807, 2.05) is 30.5 Å². The molecule has 3 aromatic heterocycles. The van der Waals surface area contributed by atoms with Crippen LogP contribution in [0.25, 0.3) is 10.6 Å². The quantitative estimate of drug-likeness (QED) is 0.568. The molecular formula is C22H22N4O3S. The molecule has 1 atom stereocenters. The Morgan fingerprint density at radius 3 is 2.97 bits per heavy atom. The minimum absolute atomic E-state index is 0.200. The molecule has 0 aromatic carbocycles. The summed E-state index contributed by atoms with van der Waals surface area (Å²) in [5.41, 5.74) is 1.64. The second-order valence-electron chi connectivity index (χ2n) is 7.11. The fourth-order valence-corrected chi connectivity index (χ4v) is 4.45. The second-order valence-corrected chi connectivity index (χ2v) is 8.17. The van der Waals surface area contributed by atoms with Gasteiger partial charge in [0.2, 0.25) is 0 Å². The molecule has 0 aliphatic heterocycles. The number of thiazole rings is 1. The van der Waals surface area contributed by atoms with Crippen LogP contribution in [-0.4, -0.2) is 33.3 Å². The number of esters is 1. The highest BCUT2D eigenvalue weighted by Gasteiger charge is 2.26. The number of rotatable bonds is 7. The number of nitrogens with one attached hydrogen (secondary N) is 1. The summed E-state index contributed by atoms with van der Waals surface area (Å²) in [5.74, 6) is 1.55. The molecule has 4 rings (SSSR count). The average molecular weight is 423 g/mol. The van der Waals surface area contributed by atoms with Gasteiger partial charge in [0, 0.05) is 31.2 Å². The number of nitrogens with zero attached hydrogens (tertiary/aromatic N) is 3. The fraction of sp³-hybridized carbons (Fsp3) is 0.318. The van der Waals surface area contributed by atoms with Crippen molar-refractivity contribution in [1.82, 2.24) is 15.0 Å². The smallest absolute Gasteiger partial charge is 0.310 e. The van der Waals surface area contributed by atoms with E-state index in [0.29, 0.717) is 36.9 Å². The monoisotopic (exact) mass is 422 g/mol. The Balaban J connectivity index is 1.47. The predicted molar refractivity (Wildman–Crippen MR) is 115 cm³/mol. The summed E-state index contributed by atoms with van der Waals surface area (Å²) < 4.78 is 5.00. The molecular weight excluding hydrogens is 400 g/mol. The average Bonchev–Trinajstić information content (AvgIpc) is 3.38. The Labute approximate surface area is 178 Å². The summed E-state index contributed by atoms with van der Waals surface area (Å²) in [7, 11) is 0. The van der Waals surface area contributed by atoms with E-state index in [1.165, 1.54) is 0 Å². The van der Waals surface area contributed by atoms with Gasteiger partial charge in [-0.3, -0.25) is 9.59 Å². The third-order valence-electron chi connectivity index (χ3n) is 4.85.